The van der Waals surface area contributed by atoms with Crippen LogP contribution in [0, 0.1) is 5.92 Å². The van der Waals surface area contributed by atoms with Gasteiger partial charge in [-0.1, -0.05) is 74.5 Å². The number of rotatable bonds is 17. The van der Waals surface area contributed by atoms with E-state index in [1.165, 1.54) is 11.8 Å². The fourth-order valence-electron chi connectivity index (χ4n) is 5.77. The highest BCUT2D eigenvalue weighted by molar-refractivity contribution is 5.97. The lowest BCUT2D eigenvalue weighted by Crippen LogP contribution is -2.59. The zero-order valence-corrected chi connectivity index (χ0v) is 28.0. The Balaban J connectivity index is 1.87. The molecule has 0 radical (unpaired) electrons. The van der Waals surface area contributed by atoms with E-state index in [-0.39, 0.29) is 30.6 Å². The maximum Gasteiger partial charge on any atom is 0.305 e. The zero-order chi connectivity index (χ0) is 36.1. The molecule has 14 heteroatoms. The number of benzene rings is 2. The minimum absolute atomic E-state index is 0.0196. The van der Waals surface area contributed by atoms with Crippen molar-refractivity contribution in [2.45, 2.75) is 89.5 Å². The monoisotopic (exact) mass is 678 g/mol. The normalized spacial score (nSPS) is 16.5. The molecule has 0 aromatic heterocycles. The molecule has 0 bridgehead atoms. The number of aliphatic carboxylic acids is 1. The Hall–Kier alpha value is -5.27. The summed E-state index contributed by atoms with van der Waals surface area (Å²) >= 11 is 0. The van der Waals surface area contributed by atoms with Gasteiger partial charge >= 0.3 is 5.97 Å². The minimum Gasteiger partial charge on any atom is -0.481 e. The van der Waals surface area contributed by atoms with Crippen LogP contribution in [-0.4, -0.2) is 88.2 Å². The maximum atomic E-state index is 13.9. The number of carboxylic acid groups (broad SMARTS) is 1. The first kappa shape index (κ1) is 38.2. The van der Waals surface area contributed by atoms with E-state index in [0.717, 1.165) is 0 Å². The van der Waals surface area contributed by atoms with Crippen molar-refractivity contribution >= 4 is 41.4 Å². The van der Waals surface area contributed by atoms with E-state index < -0.39 is 66.2 Å². The van der Waals surface area contributed by atoms with Gasteiger partial charge in [0.15, 0.2) is 0 Å². The van der Waals surface area contributed by atoms with Gasteiger partial charge in [0.2, 0.25) is 35.4 Å². The van der Waals surface area contributed by atoms with E-state index in [0.29, 0.717) is 36.9 Å². The zero-order valence-electron chi connectivity index (χ0n) is 28.0. The molecule has 5 atom stereocenters. The molecule has 0 saturated carbocycles. The number of primary amides is 1. The predicted molar refractivity (Wildman–Crippen MR) is 179 cm³/mol. The fraction of sp³-hybridized carbons (Fsp3) is 0.457. The van der Waals surface area contributed by atoms with Crippen LogP contribution in [-0.2, 0) is 46.4 Å². The molecule has 49 heavy (non-hydrogen) atoms. The second-order valence-corrected chi connectivity index (χ2v) is 12.6. The smallest absolute Gasteiger partial charge is 0.305 e. The molecule has 1 heterocycles. The van der Waals surface area contributed by atoms with E-state index in [9.17, 15) is 38.7 Å². The SMILES string of the molecule is CC(=O)N[C@H](CC(C)C)C(=O)N1CCC[C@@H]1C(=O)N[C@H](Cc1ccccc1)C(=O)N[C@@H](Cc1ccccc1)C(=O)N[C@@H](CC(=O)O)C(N)=O. The Bertz CT molecular complexity index is 1490. The van der Waals surface area contributed by atoms with E-state index in [1.807, 2.05) is 13.8 Å². The quantitative estimate of drug-likeness (QED) is 0.138. The van der Waals surface area contributed by atoms with Crippen molar-refractivity contribution in [3.05, 3.63) is 71.8 Å². The summed E-state index contributed by atoms with van der Waals surface area (Å²) in [6.45, 7) is 5.48. The predicted octanol–water partition coefficient (Wildman–Crippen LogP) is 0.428. The van der Waals surface area contributed by atoms with Gasteiger partial charge in [-0.25, -0.2) is 0 Å². The Morgan fingerprint density at radius 3 is 1.76 bits per heavy atom. The number of nitrogens with one attached hydrogen (secondary N) is 4. The van der Waals surface area contributed by atoms with Gasteiger partial charge in [0, 0.05) is 26.3 Å². The van der Waals surface area contributed by atoms with Crippen molar-refractivity contribution < 1.29 is 38.7 Å². The van der Waals surface area contributed by atoms with E-state index in [2.05, 4.69) is 21.3 Å². The molecule has 14 nitrogen and oxygen atoms in total. The van der Waals surface area contributed by atoms with Gasteiger partial charge in [-0.2, -0.15) is 0 Å². The third kappa shape index (κ3) is 12.0. The highest BCUT2D eigenvalue weighted by atomic mass is 16.4. The standard InChI is InChI=1S/C35H46N6O8/c1-21(2)17-28(37-22(3)42)35(49)41-16-10-15-29(41)34(48)40-27(19-24-13-8-5-9-14-24)33(47)39-26(18-23-11-6-4-7-12-23)32(46)38-25(31(36)45)20-30(43)44/h4-9,11-14,21,25-29H,10,15-20H2,1-3H3,(H2,36,45)(H,37,42)(H,38,46)(H,39,47)(H,40,48)(H,43,44)/t25-,26-,27+,28+,29+/m0/s1. The van der Waals surface area contributed by atoms with Crippen LogP contribution in [0.25, 0.3) is 0 Å². The average molecular weight is 679 g/mol. The van der Waals surface area contributed by atoms with Crippen LogP contribution in [0.4, 0.5) is 0 Å². The van der Waals surface area contributed by atoms with Crippen molar-refractivity contribution in [1.29, 1.82) is 0 Å². The second-order valence-electron chi connectivity index (χ2n) is 12.6. The van der Waals surface area contributed by atoms with Crippen molar-refractivity contribution in [3.8, 4) is 0 Å². The number of carbonyl (C=O) groups excluding carboxylic acids is 6. The number of carboxylic acids is 1. The lowest BCUT2D eigenvalue weighted by molar-refractivity contribution is -0.142. The number of hydrogen-bond donors (Lipinski definition) is 6. The molecular weight excluding hydrogens is 632 g/mol. The summed E-state index contributed by atoms with van der Waals surface area (Å²) in [7, 11) is 0. The molecule has 2 aromatic carbocycles. The summed E-state index contributed by atoms with van der Waals surface area (Å²) in [5.41, 5.74) is 6.71. The molecule has 7 N–H and O–H groups in total. The van der Waals surface area contributed by atoms with Gasteiger partial charge in [0.1, 0.15) is 30.2 Å². The van der Waals surface area contributed by atoms with Gasteiger partial charge in [-0.05, 0) is 36.3 Å². The van der Waals surface area contributed by atoms with Gasteiger partial charge in [0.25, 0.3) is 0 Å². The number of nitrogens with zero attached hydrogens (tertiary/aromatic N) is 1. The van der Waals surface area contributed by atoms with E-state index in [4.69, 9.17) is 5.73 Å². The van der Waals surface area contributed by atoms with Crippen molar-refractivity contribution in [2.75, 3.05) is 6.54 Å². The number of carbonyl (C=O) groups is 7. The Morgan fingerprint density at radius 1 is 0.776 bits per heavy atom. The molecule has 0 aliphatic carbocycles. The van der Waals surface area contributed by atoms with E-state index >= 15 is 0 Å². The van der Waals surface area contributed by atoms with Crippen LogP contribution in [0.1, 0.15) is 57.6 Å². The van der Waals surface area contributed by atoms with E-state index in [1.54, 1.807) is 60.7 Å². The third-order valence-electron chi connectivity index (χ3n) is 8.09. The van der Waals surface area contributed by atoms with Crippen molar-refractivity contribution in [3.63, 3.8) is 0 Å². The van der Waals surface area contributed by atoms with Crippen LogP contribution >= 0.6 is 0 Å². The van der Waals surface area contributed by atoms with Gasteiger partial charge in [-0.3, -0.25) is 33.6 Å². The molecule has 264 valence electrons. The number of likely N-dealkylation sites (tertiary alicyclic amines) is 1. The van der Waals surface area contributed by atoms with Crippen LogP contribution in [0.5, 0.6) is 0 Å². The minimum atomic E-state index is -1.53. The molecule has 2 aromatic rings. The van der Waals surface area contributed by atoms with Crippen molar-refractivity contribution in [1.82, 2.24) is 26.2 Å². The van der Waals surface area contributed by atoms with Gasteiger partial charge in [0.05, 0.1) is 6.42 Å². The van der Waals surface area contributed by atoms with Crippen LogP contribution < -0.4 is 27.0 Å². The molecule has 1 fully saturated rings. The Morgan fingerprint density at radius 2 is 1.29 bits per heavy atom. The highest BCUT2D eigenvalue weighted by Crippen LogP contribution is 2.21. The number of amides is 6. The van der Waals surface area contributed by atoms with Crippen LogP contribution in [0.15, 0.2) is 60.7 Å². The molecule has 1 aliphatic rings. The number of hydrogen-bond acceptors (Lipinski definition) is 7. The first-order valence-corrected chi connectivity index (χ1v) is 16.3. The summed E-state index contributed by atoms with van der Waals surface area (Å²) in [5.74, 6) is -5.17. The molecule has 1 aliphatic heterocycles. The summed E-state index contributed by atoms with van der Waals surface area (Å²) < 4.78 is 0. The number of nitrogens with two attached hydrogens (primary N) is 1. The average Bonchev–Trinajstić information content (AvgIpc) is 3.54. The Labute approximate surface area is 285 Å². The second kappa shape index (κ2) is 18.3. The molecule has 0 unspecified atom stereocenters. The lowest BCUT2D eigenvalue weighted by Gasteiger charge is -2.30. The summed E-state index contributed by atoms with van der Waals surface area (Å²) in [4.78, 5) is 91.3. The molecule has 6 amide bonds. The molecule has 0 spiro atoms. The maximum absolute atomic E-state index is 13.9. The summed E-state index contributed by atoms with van der Waals surface area (Å²) in [6.07, 6.45) is 0.553. The molecular formula is C35H46N6O8. The fourth-order valence-corrected chi connectivity index (χ4v) is 5.77. The highest BCUT2D eigenvalue weighted by Gasteiger charge is 2.39. The molecule has 1 saturated heterocycles. The molecule has 3 rings (SSSR count). The van der Waals surface area contributed by atoms with Gasteiger partial charge in [-0.15, -0.1) is 0 Å². The third-order valence-corrected chi connectivity index (χ3v) is 8.09. The van der Waals surface area contributed by atoms with Gasteiger partial charge < -0.3 is 37.0 Å². The lowest BCUT2D eigenvalue weighted by atomic mass is 10.0. The van der Waals surface area contributed by atoms with Crippen LogP contribution in [0.3, 0.4) is 0 Å². The Kier molecular flexibility index (Phi) is 14.3. The summed E-state index contributed by atoms with van der Waals surface area (Å²) in [6, 6.07) is 11.9. The largest absolute Gasteiger partial charge is 0.481 e. The topological polar surface area (TPSA) is 217 Å². The summed E-state index contributed by atoms with van der Waals surface area (Å²) in [5, 5.41) is 19.7. The van der Waals surface area contributed by atoms with Crippen molar-refractivity contribution in [2.24, 2.45) is 11.7 Å². The first-order chi connectivity index (χ1) is 23.2. The first-order valence-electron chi connectivity index (χ1n) is 16.3. The van der Waals surface area contributed by atoms with Crippen LogP contribution in [0.2, 0.25) is 0 Å².